The Labute approximate surface area is 81.7 Å². The zero-order valence-corrected chi connectivity index (χ0v) is 7.57. The fourth-order valence-corrected chi connectivity index (χ4v) is 0.967. The van der Waals surface area contributed by atoms with Crippen LogP contribution in [0, 0.1) is 0 Å². The molecule has 1 atom stereocenters. The van der Waals surface area contributed by atoms with E-state index in [1.165, 1.54) is 0 Å². The van der Waals surface area contributed by atoms with Crippen molar-refractivity contribution in [1.82, 2.24) is 9.36 Å². The molecule has 0 spiro atoms. The molecular formula is C5H6FN5O2S. The van der Waals surface area contributed by atoms with Crippen LogP contribution in [0.15, 0.2) is 5.16 Å². The quantitative estimate of drug-likeness (QED) is 0.526. The average Bonchev–Trinajstić information content (AvgIpc) is 2.51. The molecule has 1 heterocycles. The number of nitrogens with two attached hydrogens (primary N) is 2. The minimum atomic E-state index is -1.96. The molecule has 0 bridgehead atoms. The first kappa shape index (κ1) is 10.3. The van der Waals surface area contributed by atoms with Crippen LogP contribution in [-0.4, -0.2) is 21.5 Å². The van der Waals surface area contributed by atoms with Crippen LogP contribution in [0.25, 0.3) is 0 Å². The van der Waals surface area contributed by atoms with Gasteiger partial charge in [-0.15, -0.1) is 0 Å². The molecule has 1 unspecified atom stereocenters. The number of alkyl halides is 1. The summed E-state index contributed by atoms with van der Waals surface area (Å²) >= 11 is 0.826. The van der Waals surface area contributed by atoms with Crippen molar-refractivity contribution < 1.29 is 14.0 Å². The van der Waals surface area contributed by atoms with Crippen LogP contribution in [0.5, 0.6) is 0 Å². The molecular weight excluding hydrogens is 213 g/mol. The van der Waals surface area contributed by atoms with Gasteiger partial charge in [-0.05, 0) is 0 Å². The van der Waals surface area contributed by atoms with E-state index in [-0.39, 0.29) is 11.0 Å². The molecule has 0 aromatic carbocycles. The lowest BCUT2D eigenvalue weighted by Gasteiger charge is -1.99. The Hall–Kier alpha value is -1.77. The number of hydrogen-bond donors (Lipinski definition) is 2. The number of carbonyl (C=O) groups is 1. The molecule has 0 aliphatic rings. The Morgan fingerprint density at radius 3 is 3.00 bits per heavy atom. The van der Waals surface area contributed by atoms with E-state index in [0.717, 1.165) is 11.5 Å². The van der Waals surface area contributed by atoms with Gasteiger partial charge in [0.25, 0.3) is 5.91 Å². The molecule has 0 saturated carbocycles. The van der Waals surface area contributed by atoms with E-state index < -0.39 is 12.3 Å². The fourth-order valence-electron chi connectivity index (χ4n) is 0.522. The lowest BCUT2D eigenvalue weighted by molar-refractivity contribution is -0.112. The molecule has 1 amide bonds. The number of halogens is 1. The van der Waals surface area contributed by atoms with Gasteiger partial charge in [0.1, 0.15) is 6.21 Å². The Kier molecular flexibility index (Phi) is 3.29. The Morgan fingerprint density at radius 2 is 2.50 bits per heavy atom. The number of primary amides is 1. The lowest BCUT2D eigenvalue weighted by Crippen LogP contribution is -2.12. The number of nitrogen functional groups attached to an aromatic ring is 1. The molecule has 76 valence electrons. The molecule has 0 aliphatic heterocycles. The van der Waals surface area contributed by atoms with E-state index in [9.17, 15) is 9.18 Å². The van der Waals surface area contributed by atoms with Gasteiger partial charge in [-0.2, -0.15) is 13.7 Å². The summed E-state index contributed by atoms with van der Waals surface area (Å²) in [7, 11) is 0. The van der Waals surface area contributed by atoms with Crippen molar-refractivity contribution >= 4 is 28.8 Å². The molecule has 1 aromatic heterocycles. The highest BCUT2D eigenvalue weighted by molar-refractivity contribution is 7.09. The van der Waals surface area contributed by atoms with Crippen molar-refractivity contribution in [3.05, 3.63) is 5.82 Å². The zero-order valence-electron chi connectivity index (χ0n) is 6.75. The second kappa shape index (κ2) is 4.46. The Balaban J connectivity index is 2.50. The van der Waals surface area contributed by atoms with Crippen LogP contribution in [0.4, 0.5) is 9.52 Å². The molecule has 9 heteroatoms. The molecule has 1 rings (SSSR count). The molecule has 14 heavy (non-hydrogen) atoms. The van der Waals surface area contributed by atoms with Crippen LogP contribution in [-0.2, 0) is 9.63 Å². The number of carbonyl (C=O) groups excluding carboxylic acids is 1. The smallest absolute Gasteiger partial charge is 0.324 e. The summed E-state index contributed by atoms with van der Waals surface area (Å²) in [5.41, 5.74) is 9.89. The predicted molar refractivity (Wildman–Crippen MR) is 46.9 cm³/mol. The van der Waals surface area contributed by atoms with Crippen LogP contribution < -0.4 is 11.5 Å². The highest BCUT2D eigenvalue weighted by atomic mass is 32.1. The van der Waals surface area contributed by atoms with Gasteiger partial charge < -0.3 is 16.3 Å². The van der Waals surface area contributed by atoms with Gasteiger partial charge in [0.15, 0.2) is 5.13 Å². The highest BCUT2D eigenvalue weighted by Crippen LogP contribution is 2.18. The third kappa shape index (κ3) is 2.94. The summed E-state index contributed by atoms with van der Waals surface area (Å²) in [5.74, 6) is -1.09. The first-order valence-electron chi connectivity index (χ1n) is 3.31. The molecule has 7 nitrogen and oxygen atoms in total. The number of anilines is 1. The van der Waals surface area contributed by atoms with E-state index in [4.69, 9.17) is 5.73 Å². The summed E-state index contributed by atoms with van der Waals surface area (Å²) in [6, 6.07) is 0. The summed E-state index contributed by atoms with van der Waals surface area (Å²) in [6.07, 6.45) is -1.33. The molecule has 0 saturated heterocycles. The van der Waals surface area contributed by atoms with Gasteiger partial charge in [0, 0.05) is 11.5 Å². The van der Waals surface area contributed by atoms with Crippen molar-refractivity contribution in [3.63, 3.8) is 0 Å². The third-order valence-electron chi connectivity index (χ3n) is 0.994. The second-order valence-electron chi connectivity index (χ2n) is 2.05. The van der Waals surface area contributed by atoms with Gasteiger partial charge in [-0.3, -0.25) is 4.79 Å². The molecule has 4 N–H and O–H groups in total. The summed E-state index contributed by atoms with van der Waals surface area (Å²) in [6.45, 7) is 0. The monoisotopic (exact) mass is 219 g/mol. The molecule has 0 fully saturated rings. The minimum Gasteiger partial charge on any atom is -0.374 e. The van der Waals surface area contributed by atoms with Crippen LogP contribution in [0.2, 0.25) is 0 Å². The topological polar surface area (TPSA) is 116 Å². The third-order valence-corrected chi connectivity index (χ3v) is 1.55. The normalized spacial score (nSPS) is 12.9. The SMILES string of the molecule is NC(=O)/C=N\OC(F)c1nsc(N)n1. The second-order valence-corrected chi connectivity index (χ2v) is 2.83. The summed E-state index contributed by atoms with van der Waals surface area (Å²) in [4.78, 5) is 17.8. The Morgan fingerprint density at radius 1 is 1.79 bits per heavy atom. The largest absolute Gasteiger partial charge is 0.374 e. The van der Waals surface area contributed by atoms with Crippen LogP contribution >= 0.6 is 11.5 Å². The van der Waals surface area contributed by atoms with Gasteiger partial charge in [-0.25, -0.2) is 0 Å². The van der Waals surface area contributed by atoms with E-state index >= 15 is 0 Å². The van der Waals surface area contributed by atoms with E-state index in [1.54, 1.807) is 0 Å². The first-order valence-corrected chi connectivity index (χ1v) is 4.08. The van der Waals surface area contributed by atoms with Crippen LogP contribution in [0.3, 0.4) is 0 Å². The minimum absolute atomic E-state index is 0.116. The lowest BCUT2D eigenvalue weighted by atomic mass is 10.6. The first-order chi connectivity index (χ1) is 6.59. The summed E-state index contributed by atoms with van der Waals surface area (Å²) < 4.78 is 16.5. The van der Waals surface area contributed by atoms with Crippen molar-refractivity contribution in [3.8, 4) is 0 Å². The standard InChI is InChI=1S/C5H6FN5O2S/c6-3(13-9-1-2(7)12)4-10-5(8)14-11-4/h1,3H,(H2,7,12)(H2,8,10,11)/b9-1-. The molecule has 1 aromatic rings. The summed E-state index contributed by atoms with van der Waals surface area (Å²) in [5, 5.41) is 3.08. The van der Waals surface area contributed by atoms with Gasteiger partial charge in [0.2, 0.25) is 5.82 Å². The highest BCUT2D eigenvalue weighted by Gasteiger charge is 2.16. The van der Waals surface area contributed by atoms with Crippen molar-refractivity contribution in [2.75, 3.05) is 5.73 Å². The number of aromatic nitrogens is 2. The van der Waals surface area contributed by atoms with E-state index in [0.29, 0.717) is 6.21 Å². The van der Waals surface area contributed by atoms with Gasteiger partial charge >= 0.3 is 6.36 Å². The predicted octanol–water partition coefficient (Wildman–Crippen LogP) is -0.424. The maximum absolute atomic E-state index is 12.9. The van der Waals surface area contributed by atoms with Crippen molar-refractivity contribution in [2.24, 2.45) is 10.9 Å². The van der Waals surface area contributed by atoms with E-state index in [2.05, 4.69) is 25.1 Å². The van der Waals surface area contributed by atoms with Gasteiger partial charge in [0.05, 0.1) is 0 Å². The van der Waals surface area contributed by atoms with E-state index in [1.807, 2.05) is 0 Å². The Bertz CT molecular complexity index is 354. The maximum atomic E-state index is 12.9. The van der Waals surface area contributed by atoms with Crippen molar-refractivity contribution in [2.45, 2.75) is 6.36 Å². The number of rotatable bonds is 4. The fraction of sp³-hybridized carbons (Fsp3) is 0.200. The molecule has 0 radical (unpaired) electrons. The molecule has 0 aliphatic carbocycles. The number of amides is 1. The van der Waals surface area contributed by atoms with Gasteiger partial charge in [-0.1, -0.05) is 5.16 Å². The average molecular weight is 219 g/mol. The van der Waals surface area contributed by atoms with Crippen LogP contribution in [0.1, 0.15) is 12.2 Å². The number of hydrogen-bond acceptors (Lipinski definition) is 7. The number of nitrogens with zero attached hydrogens (tertiary/aromatic N) is 3. The zero-order chi connectivity index (χ0) is 10.6. The maximum Gasteiger partial charge on any atom is 0.324 e. The van der Waals surface area contributed by atoms with Crippen molar-refractivity contribution in [1.29, 1.82) is 0 Å². The number of oxime groups is 1.